The van der Waals surface area contributed by atoms with E-state index in [-0.39, 0.29) is 10.0 Å². The van der Waals surface area contributed by atoms with Crippen LogP contribution in [0.25, 0.3) is 0 Å². The van der Waals surface area contributed by atoms with Crippen molar-refractivity contribution < 1.29 is 8.78 Å². The largest absolute Gasteiger partial charge is 0.320 e. The predicted octanol–water partition coefficient (Wildman–Crippen LogP) is 4.38. The predicted molar refractivity (Wildman–Crippen MR) is 79.2 cm³/mol. The molecule has 0 aliphatic heterocycles. The Labute approximate surface area is 126 Å². The van der Waals surface area contributed by atoms with Gasteiger partial charge in [-0.25, -0.2) is 8.78 Å². The van der Waals surface area contributed by atoms with E-state index in [1.54, 1.807) is 6.07 Å². The van der Waals surface area contributed by atoms with Crippen molar-refractivity contribution in [3.8, 4) is 0 Å². The Bertz CT molecular complexity index is 589. The molecule has 2 aromatic carbocycles. The van der Waals surface area contributed by atoms with Crippen molar-refractivity contribution in [2.45, 2.75) is 6.04 Å². The Morgan fingerprint density at radius 2 is 1.89 bits per heavy atom. The summed E-state index contributed by atoms with van der Waals surface area (Å²) >= 11 is 5.17. The van der Waals surface area contributed by atoms with Gasteiger partial charge in [0.1, 0.15) is 11.6 Å². The van der Waals surface area contributed by atoms with Gasteiger partial charge in [-0.05, 0) is 68.3 Å². The van der Waals surface area contributed by atoms with Gasteiger partial charge in [0.05, 0.1) is 10.5 Å². The van der Waals surface area contributed by atoms with Gasteiger partial charge in [0, 0.05) is 9.13 Å². The number of rotatable bonds is 2. The van der Waals surface area contributed by atoms with Gasteiger partial charge in [-0.15, -0.1) is 0 Å². The zero-order valence-corrected chi connectivity index (χ0v) is 12.9. The summed E-state index contributed by atoms with van der Waals surface area (Å²) in [6.07, 6.45) is 0. The number of hydrogen-bond acceptors (Lipinski definition) is 1. The smallest absolute Gasteiger partial charge is 0.145 e. The van der Waals surface area contributed by atoms with Gasteiger partial charge < -0.3 is 5.73 Å². The monoisotopic (exact) mass is 423 g/mol. The van der Waals surface area contributed by atoms with Crippen LogP contribution in [0, 0.1) is 15.2 Å². The molecule has 2 rings (SSSR count). The van der Waals surface area contributed by atoms with Crippen LogP contribution >= 0.6 is 38.5 Å². The molecule has 0 saturated heterocycles. The highest BCUT2D eigenvalue weighted by atomic mass is 127. The lowest BCUT2D eigenvalue weighted by Crippen LogP contribution is -2.16. The first kappa shape index (κ1) is 13.9. The molecule has 0 amide bonds. The highest BCUT2D eigenvalue weighted by Gasteiger charge is 2.20. The Kier molecular flexibility index (Phi) is 4.34. The van der Waals surface area contributed by atoms with Crippen molar-refractivity contribution in [3.63, 3.8) is 0 Å². The van der Waals surface area contributed by atoms with Gasteiger partial charge in [0.15, 0.2) is 0 Å². The molecule has 1 nitrogen and oxygen atoms in total. The second-order valence-electron chi connectivity index (χ2n) is 3.79. The first-order valence-electron chi connectivity index (χ1n) is 5.15. The van der Waals surface area contributed by atoms with Gasteiger partial charge in [0.2, 0.25) is 0 Å². The van der Waals surface area contributed by atoms with E-state index in [0.29, 0.717) is 5.56 Å². The van der Waals surface area contributed by atoms with Crippen LogP contribution in [-0.4, -0.2) is 0 Å². The Morgan fingerprint density at radius 1 is 1.17 bits per heavy atom. The van der Waals surface area contributed by atoms with Crippen LogP contribution in [0.2, 0.25) is 0 Å². The third kappa shape index (κ3) is 2.73. The Hall–Kier alpha value is -0.530. The molecule has 0 aromatic heterocycles. The van der Waals surface area contributed by atoms with E-state index in [0.717, 1.165) is 3.57 Å². The maximum absolute atomic E-state index is 13.9. The van der Waals surface area contributed by atoms with Gasteiger partial charge >= 0.3 is 0 Å². The van der Waals surface area contributed by atoms with Crippen molar-refractivity contribution in [2.24, 2.45) is 5.73 Å². The molecular formula is C13H9BrF2IN. The number of nitrogens with two attached hydrogens (primary N) is 1. The lowest BCUT2D eigenvalue weighted by Gasteiger charge is -2.15. The van der Waals surface area contributed by atoms with Gasteiger partial charge in [-0.3, -0.25) is 0 Å². The summed E-state index contributed by atoms with van der Waals surface area (Å²) in [6.45, 7) is 0. The van der Waals surface area contributed by atoms with Gasteiger partial charge in [-0.2, -0.15) is 0 Å². The third-order valence-electron chi connectivity index (χ3n) is 2.60. The molecule has 0 fully saturated rings. The SMILES string of the molecule is NC(c1cccc(I)c1)c1c(F)ccc(Br)c1F. The van der Waals surface area contributed by atoms with Crippen LogP contribution in [-0.2, 0) is 0 Å². The maximum atomic E-state index is 13.9. The van der Waals surface area contributed by atoms with Gasteiger partial charge in [0.25, 0.3) is 0 Å². The van der Waals surface area contributed by atoms with Crippen molar-refractivity contribution in [2.75, 3.05) is 0 Å². The maximum Gasteiger partial charge on any atom is 0.145 e. The average Bonchev–Trinajstić information content (AvgIpc) is 2.34. The van der Waals surface area contributed by atoms with E-state index in [4.69, 9.17) is 5.73 Å². The second-order valence-corrected chi connectivity index (χ2v) is 5.89. The molecule has 1 atom stereocenters. The van der Waals surface area contributed by atoms with E-state index < -0.39 is 17.7 Å². The summed E-state index contributed by atoms with van der Waals surface area (Å²) in [5.41, 5.74) is 6.51. The van der Waals surface area contributed by atoms with Crippen molar-refractivity contribution in [1.82, 2.24) is 0 Å². The minimum Gasteiger partial charge on any atom is -0.320 e. The molecule has 2 aromatic rings. The van der Waals surface area contributed by atoms with E-state index in [1.807, 2.05) is 18.2 Å². The topological polar surface area (TPSA) is 26.0 Å². The van der Waals surface area contributed by atoms with Crippen LogP contribution in [0.4, 0.5) is 8.78 Å². The summed E-state index contributed by atoms with van der Waals surface area (Å²) in [4.78, 5) is 0. The van der Waals surface area contributed by atoms with Crippen LogP contribution in [0.1, 0.15) is 17.2 Å². The van der Waals surface area contributed by atoms with Crippen molar-refractivity contribution in [1.29, 1.82) is 0 Å². The van der Waals surface area contributed by atoms with Crippen LogP contribution in [0.3, 0.4) is 0 Å². The molecule has 0 aliphatic carbocycles. The second kappa shape index (κ2) is 5.63. The van der Waals surface area contributed by atoms with Gasteiger partial charge in [-0.1, -0.05) is 12.1 Å². The zero-order chi connectivity index (χ0) is 13.3. The van der Waals surface area contributed by atoms with E-state index in [1.165, 1.54) is 12.1 Å². The normalized spacial score (nSPS) is 12.5. The zero-order valence-electron chi connectivity index (χ0n) is 9.13. The highest BCUT2D eigenvalue weighted by molar-refractivity contribution is 14.1. The molecule has 0 spiro atoms. The molecule has 5 heteroatoms. The molecule has 0 aliphatic rings. The minimum absolute atomic E-state index is 0.119. The quantitative estimate of drug-likeness (QED) is 0.563. The molecular weight excluding hydrogens is 415 g/mol. The summed E-state index contributed by atoms with van der Waals surface area (Å²) in [6, 6.07) is 8.98. The Balaban J connectivity index is 2.52. The van der Waals surface area contributed by atoms with E-state index in [2.05, 4.69) is 38.5 Å². The molecule has 0 heterocycles. The van der Waals surface area contributed by atoms with E-state index in [9.17, 15) is 8.78 Å². The number of halogens is 4. The average molecular weight is 424 g/mol. The lowest BCUT2D eigenvalue weighted by atomic mass is 9.99. The molecule has 18 heavy (non-hydrogen) atoms. The highest BCUT2D eigenvalue weighted by Crippen LogP contribution is 2.29. The van der Waals surface area contributed by atoms with Crippen molar-refractivity contribution in [3.05, 3.63) is 67.2 Å². The molecule has 0 saturated carbocycles. The summed E-state index contributed by atoms with van der Waals surface area (Å²) in [5.74, 6) is -1.29. The molecule has 1 unspecified atom stereocenters. The standard InChI is InChI=1S/C13H9BrF2IN/c14-9-4-5-10(15)11(12(9)16)13(18)7-2-1-3-8(17)6-7/h1-6,13H,18H2. The van der Waals surface area contributed by atoms with Crippen LogP contribution < -0.4 is 5.73 Å². The van der Waals surface area contributed by atoms with E-state index >= 15 is 0 Å². The first-order valence-corrected chi connectivity index (χ1v) is 7.02. The fraction of sp³-hybridized carbons (Fsp3) is 0.0769. The minimum atomic E-state index is -0.822. The number of hydrogen-bond donors (Lipinski definition) is 1. The molecule has 94 valence electrons. The van der Waals surface area contributed by atoms with Crippen LogP contribution in [0.15, 0.2) is 40.9 Å². The lowest BCUT2D eigenvalue weighted by molar-refractivity contribution is 0.539. The summed E-state index contributed by atoms with van der Waals surface area (Å²) in [5, 5.41) is 0. The number of benzene rings is 2. The van der Waals surface area contributed by atoms with Crippen molar-refractivity contribution >= 4 is 38.5 Å². The fourth-order valence-corrected chi connectivity index (χ4v) is 2.61. The fourth-order valence-electron chi connectivity index (χ4n) is 1.69. The Morgan fingerprint density at radius 3 is 2.56 bits per heavy atom. The third-order valence-corrected chi connectivity index (χ3v) is 3.88. The molecule has 2 N–H and O–H groups in total. The molecule has 0 radical (unpaired) electrons. The van der Waals surface area contributed by atoms with Crippen LogP contribution in [0.5, 0.6) is 0 Å². The first-order chi connectivity index (χ1) is 8.50. The summed E-state index contributed by atoms with van der Waals surface area (Å²) in [7, 11) is 0. The molecule has 0 bridgehead atoms. The summed E-state index contributed by atoms with van der Waals surface area (Å²) < 4.78 is 28.8.